The molecule has 3 heteroatoms. The third kappa shape index (κ3) is 1.52. The van der Waals surface area contributed by atoms with Gasteiger partial charge in [0, 0.05) is 11.7 Å². The van der Waals surface area contributed by atoms with Crippen molar-refractivity contribution in [2.75, 3.05) is 11.9 Å². The van der Waals surface area contributed by atoms with Gasteiger partial charge in [0.1, 0.15) is 0 Å². The summed E-state index contributed by atoms with van der Waals surface area (Å²) in [6.07, 6.45) is 2.54. The van der Waals surface area contributed by atoms with Crippen molar-refractivity contribution < 1.29 is 5.11 Å². The summed E-state index contributed by atoms with van der Waals surface area (Å²) in [7, 11) is 0. The highest BCUT2D eigenvalue weighted by atomic mass is 16.3. The van der Waals surface area contributed by atoms with Gasteiger partial charge in [0.05, 0.1) is 12.8 Å². The third-order valence-corrected chi connectivity index (χ3v) is 3.50. The molecule has 0 aromatic heterocycles. The lowest BCUT2D eigenvalue weighted by Crippen LogP contribution is -2.41. The van der Waals surface area contributed by atoms with Crippen molar-refractivity contribution >= 4 is 5.69 Å². The van der Waals surface area contributed by atoms with Crippen molar-refractivity contribution in [3.8, 4) is 0 Å². The van der Waals surface area contributed by atoms with Crippen LogP contribution >= 0.6 is 0 Å². The molecule has 0 unspecified atom stereocenters. The van der Waals surface area contributed by atoms with E-state index in [1.54, 1.807) is 0 Å². The van der Waals surface area contributed by atoms with Gasteiger partial charge in [-0.3, -0.25) is 5.32 Å². The normalized spacial score (nSPS) is 33.0. The first kappa shape index (κ1) is 9.19. The Morgan fingerprint density at radius 2 is 2.20 bits per heavy atom. The monoisotopic (exact) mass is 204 g/mol. The molecule has 1 aromatic carbocycles. The second-order valence-corrected chi connectivity index (χ2v) is 4.53. The molecule has 1 aromatic rings. The maximum absolute atomic E-state index is 9.14. The third-order valence-electron chi connectivity index (χ3n) is 3.50. The topological polar surface area (TPSA) is 44.3 Å². The van der Waals surface area contributed by atoms with E-state index in [2.05, 4.69) is 34.9 Å². The van der Waals surface area contributed by atoms with Crippen molar-refractivity contribution in [3.05, 3.63) is 29.8 Å². The number of benzene rings is 1. The van der Waals surface area contributed by atoms with Crippen LogP contribution in [0.15, 0.2) is 24.3 Å². The van der Waals surface area contributed by atoms with Crippen molar-refractivity contribution in [2.24, 2.45) is 5.92 Å². The highest BCUT2D eigenvalue weighted by molar-refractivity contribution is 5.54. The van der Waals surface area contributed by atoms with Crippen LogP contribution in [-0.4, -0.2) is 23.9 Å². The summed E-state index contributed by atoms with van der Waals surface area (Å²) in [6, 6.07) is 8.73. The Bertz CT molecular complexity index is 333. The zero-order valence-corrected chi connectivity index (χ0v) is 8.61. The van der Waals surface area contributed by atoms with Crippen LogP contribution in [0.4, 0.5) is 5.69 Å². The van der Waals surface area contributed by atoms with Gasteiger partial charge in [-0.05, 0) is 30.4 Å². The molecule has 0 aliphatic carbocycles. The van der Waals surface area contributed by atoms with Gasteiger partial charge >= 0.3 is 0 Å². The summed E-state index contributed by atoms with van der Waals surface area (Å²) in [5, 5.41) is 16.1. The number of fused-ring (bicyclic) bond motifs is 2. The molecule has 1 fully saturated rings. The number of para-hydroxylation sites is 1. The average molecular weight is 204 g/mol. The van der Waals surface area contributed by atoms with E-state index in [1.165, 1.54) is 11.3 Å². The van der Waals surface area contributed by atoms with Crippen LogP contribution in [0.25, 0.3) is 0 Å². The average Bonchev–Trinajstić information content (AvgIpc) is 2.67. The zero-order chi connectivity index (χ0) is 10.3. The molecule has 2 heterocycles. The van der Waals surface area contributed by atoms with E-state index in [-0.39, 0.29) is 12.6 Å². The molecule has 3 atom stereocenters. The van der Waals surface area contributed by atoms with Crippen LogP contribution in [-0.2, 0) is 6.42 Å². The van der Waals surface area contributed by atoms with Gasteiger partial charge in [-0.1, -0.05) is 18.2 Å². The van der Waals surface area contributed by atoms with Gasteiger partial charge < -0.3 is 10.4 Å². The standard InChI is InChI=1S/C12H16N2O/c15-7-10-6-9-5-8-3-1-2-4-11(8)14-12(9)13-10/h1-4,9-10,12-15H,5-7H2/t9-,10+,12+/m0/s1. The largest absolute Gasteiger partial charge is 0.395 e. The minimum atomic E-state index is 0.241. The van der Waals surface area contributed by atoms with E-state index in [0.29, 0.717) is 12.1 Å². The summed E-state index contributed by atoms with van der Waals surface area (Å²) in [6.45, 7) is 0.241. The van der Waals surface area contributed by atoms with Crippen LogP contribution < -0.4 is 10.6 Å². The number of aliphatic hydroxyl groups is 1. The Morgan fingerprint density at radius 3 is 3.07 bits per heavy atom. The second kappa shape index (κ2) is 3.51. The predicted octanol–water partition coefficient (Wildman–Crippen LogP) is 0.951. The Morgan fingerprint density at radius 1 is 1.33 bits per heavy atom. The summed E-state index contributed by atoms with van der Waals surface area (Å²) < 4.78 is 0. The number of anilines is 1. The quantitative estimate of drug-likeness (QED) is 0.638. The molecule has 3 nitrogen and oxygen atoms in total. The molecule has 0 saturated carbocycles. The van der Waals surface area contributed by atoms with Crippen molar-refractivity contribution in [3.63, 3.8) is 0 Å². The molecule has 80 valence electrons. The fourth-order valence-electron chi connectivity index (χ4n) is 2.74. The van der Waals surface area contributed by atoms with Crippen molar-refractivity contribution in [1.82, 2.24) is 5.32 Å². The Kier molecular flexibility index (Phi) is 2.15. The van der Waals surface area contributed by atoms with E-state index in [9.17, 15) is 0 Å². The Hall–Kier alpha value is -1.06. The molecule has 1 saturated heterocycles. The maximum atomic E-state index is 9.14. The second-order valence-electron chi connectivity index (χ2n) is 4.53. The highest BCUT2D eigenvalue weighted by Crippen LogP contribution is 2.33. The molecule has 2 aliphatic rings. The molecule has 0 spiro atoms. The smallest absolute Gasteiger partial charge is 0.0803 e. The van der Waals surface area contributed by atoms with Crippen LogP contribution in [0.5, 0.6) is 0 Å². The van der Waals surface area contributed by atoms with Crippen LogP contribution in [0.2, 0.25) is 0 Å². The first-order valence-corrected chi connectivity index (χ1v) is 5.58. The van der Waals surface area contributed by atoms with Gasteiger partial charge in [-0.2, -0.15) is 0 Å². The number of hydrogen-bond acceptors (Lipinski definition) is 3. The molecule has 2 aliphatic heterocycles. The fourth-order valence-corrected chi connectivity index (χ4v) is 2.74. The van der Waals surface area contributed by atoms with Gasteiger partial charge in [-0.15, -0.1) is 0 Å². The van der Waals surface area contributed by atoms with Gasteiger partial charge in [0.15, 0.2) is 0 Å². The number of hydrogen-bond donors (Lipinski definition) is 3. The number of nitrogens with one attached hydrogen (secondary N) is 2. The molecule has 0 radical (unpaired) electrons. The molecular weight excluding hydrogens is 188 g/mol. The highest BCUT2D eigenvalue weighted by Gasteiger charge is 2.36. The molecule has 15 heavy (non-hydrogen) atoms. The molecule has 3 rings (SSSR count). The lowest BCUT2D eigenvalue weighted by Gasteiger charge is -2.29. The predicted molar refractivity (Wildman–Crippen MR) is 59.7 cm³/mol. The molecule has 0 bridgehead atoms. The van der Waals surface area contributed by atoms with Crippen molar-refractivity contribution in [1.29, 1.82) is 0 Å². The number of rotatable bonds is 1. The van der Waals surface area contributed by atoms with Crippen LogP contribution in [0, 0.1) is 5.92 Å². The van der Waals surface area contributed by atoms with Crippen LogP contribution in [0.3, 0.4) is 0 Å². The van der Waals surface area contributed by atoms with Gasteiger partial charge in [0.2, 0.25) is 0 Å². The van der Waals surface area contributed by atoms with E-state index in [1.807, 2.05) is 0 Å². The first-order chi connectivity index (χ1) is 7.36. The van der Waals surface area contributed by atoms with Crippen LogP contribution in [0.1, 0.15) is 12.0 Å². The summed E-state index contributed by atoms with van der Waals surface area (Å²) in [4.78, 5) is 0. The first-order valence-electron chi connectivity index (χ1n) is 5.58. The summed E-state index contributed by atoms with van der Waals surface area (Å²) >= 11 is 0. The van der Waals surface area contributed by atoms with E-state index in [4.69, 9.17) is 5.11 Å². The zero-order valence-electron chi connectivity index (χ0n) is 8.61. The van der Waals surface area contributed by atoms with Gasteiger partial charge in [0.25, 0.3) is 0 Å². The van der Waals surface area contributed by atoms with Crippen molar-refractivity contribution in [2.45, 2.75) is 25.0 Å². The van der Waals surface area contributed by atoms with E-state index < -0.39 is 0 Å². The minimum absolute atomic E-state index is 0.241. The minimum Gasteiger partial charge on any atom is -0.395 e. The summed E-state index contributed by atoms with van der Waals surface area (Å²) in [5.41, 5.74) is 2.64. The van der Waals surface area contributed by atoms with E-state index >= 15 is 0 Å². The molecular formula is C12H16N2O. The lowest BCUT2D eigenvalue weighted by molar-refractivity contribution is 0.251. The Balaban J connectivity index is 1.84. The lowest BCUT2D eigenvalue weighted by atomic mass is 9.90. The molecule has 0 amide bonds. The maximum Gasteiger partial charge on any atom is 0.0803 e. The SMILES string of the molecule is OC[C@H]1C[C@@H]2Cc3ccccc3N[C@H]2N1. The summed E-state index contributed by atoms with van der Waals surface area (Å²) in [5.74, 6) is 0.622. The van der Waals surface area contributed by atoms with E-state index in [0.717, 1.165) is 12.8 Å². The molecule has 3 N–H and O–H groups in total. The van der Waals surface area contributed by atoms with Gasteiger partial charge in [-0.25, -0.2) is 0 Å². The Labute approximate surface area is 89.5 Å². The fraction of sp³-hybridized carbons (Fsp3) is 0.500. The number of aliphatic hydroxyl groups excluding tert-OH is 1.